The van der Waals surface area contributed by atoms with E-state index in [-0.39, 0.29) is 5.41 Å². The summed E-state index contributed by atoms with van der Waals surface area (Å²) in [5.74, 6) is 0.653. The van der Waals surface area contributed by atoms with Crippen LogP contribution in [0.1, 0.15) is 30.4 Å². The molecule has 1 aliphatic heterocycles. The van der Waals surface area contributed by atoms with Crippen LogP contribution in [0.5, 0.6) is 5.75 Å². The molecule has 2 aliphatic rings. The molecule has 3 rings (SSSR count). The number of benzene rings is 1. The number of phenols is 1. The highest BCUT2D eigenvalue weighted by Crippen LogP contribution is 2.44. The van der Waals surface area contributed by atoms with Crippen molar-refractivity contribution in [1.29, 1.82) is 0 Å². The number of hydrogen-bond donors (Lipinski definition) is 1. The van der Waals surface area contributed by atoms with E-state index in [9.17, 15) is 9.90 Å². The lowest BCUT2D eigenvalue weighted by atomic mass is 9.65. The molecule has 0 bridgehead atoms. The van der Waals surface area contributed by atoms with E-state index in [0.717, 1.165) is 24.0 Å². The molecule has 0 unspecified atom stereocenters. The minimum atomic E-state index is -0.384. The quantitative estimate of drug-likeness (QED) is 0.743. The van der Waals surface area contributed by atoms with Gasteiger partial charge in [0.15, 0.2) is 0 Å². The highest BCUT2D eigenvalue weighted by atomic mass is 16.5. The van der Waals surface area contributed by atoms with Gasteiger partial charge in [0, 0.05) is 19.6 Å². The number of rotatable bonds is 0. The van der Waals surface area contributed by atoms with Crippen molar-refractivity contribution in [2.45, 2.75) is 31.1 Å². The SMILES string of the molecule is O=C1CCc2c(O)cccc2C12CCOCC2. The van der Waals surface area contributed by atoms with Gasteiger partial charge in [0.25, 0.3) is 0 Å². The molecule has 1 saturated heterocycles. The van der Waals surface area contributed by atoms with Crippen molar-refractivity contribution in [3.05, 3.63) is 29.3 Å². The topological polar surface area (TPSA) is 46.5 Å². The highest BCUT2D eigenvalue weighted by Gasteiger charge is 2.45. The number of carbonyl (C=O) groups excluding carboxylic acids is 1. The van der Waals surface area contributed by atoms with Crippen LogP contribution in [0.25, 0.3) is 0 Å². The molecule has 3 nitrogen and oxygen atoms in total. The second-order valence-corrected chi connectivity index (χ2v) is 4.92. The summed E-state index contributed by atoms with van der Waals surface area (Å²) >= 11 is 0. The predicted octanol–water partition coefficient (Wildman–Crippen LogP) is 1.96. The van der Waals surface area contributed by atoms with Crippen molar-refractivity contribution < 1.29 is 14.6 Å². The third-order valence-corrected chi connectivity index (χ3v) is 4.15. The summed E-state index contributed by atoms with van der Waals surface area (Å²) in [6, 6.07) is 5.54. The van der Waals surface area contributed by atoms with Crippen molar-refractivity contribution >= 4 is 5.78 Å². The Morgan fingerprint density at radius 2 is 1.94 bits per heavy atom. The fourth-order valence-corrected chi connectivity index (χ4v) is 3.18. The number of ether oxygens (including phenoxy) is 1. The Labute approximate surface area is 100 Å². The van der Waals surface area contributed by atoms with Crippen molar-refractivity contribution in [2.75, 3.05) is 13.2 Å². The minimum absolute atomic E-state index is 0.318. The predicted molar refractivity (Wildman–Crippen MR) is 63.2 cm³/mol. The van der Waals surface area contributed by atoms with E-state index in [2.05, 4.69) is 0 Å². The zero-order valence-electron chi connectivity index (χ0n) is 9.74. The molecule has 1 aromatic rings. The van der Waals surface area contributed by atoms with Crippen molar-refractivity contribution in [3.63, 3.8) is 0 Å². The first-order chi connectivity index (χ1) is 8.24. The van der Waals surface area contributed by atoms with Gasteiger partial charge in [0.2, 0.25) is 0 Å². The van der Waals surface area contributed by atoms with E-state index in [1.807, 2.05) is 12.1 Å². The number of carbonyl (C=O) groups is 1. The Morgan fingerprint density at radius 3 is 2.71 bits per heavy atom. The maximum atomic E-state index is 12.3. The van der Waals surface area contributed by atoms with Crippen molar-refractivity contribution in [3.8, 4) is 5.75 Å². The van der Waals surface area contributed by atoms with E-state index in [1.165, 1.54) is 0 Å². The Bertz CT molecular complexity index is 459. The first-order valence-electron chi connectivity index (χ1n) is 6.16. The van der Waals surface area contributed by atoms with Crippen LogP contribution in [0.3, 0.4) is 0 Å². The van der Waals surface area contributed by atoms with Gasteiger partial charge >= 0.3 is 0 Å². The lowest BCUT2D eigenvalue weighted by molar-refractivity contribution is -0.129. The number of fused-ring (bicyclic) bond motifs is 2. The number of Topliss-reactive ketones (excluding diaryl/α,β-unsaturated/α-hetero) is 1. The van der Waals surface area contributed by atoms with Gasteiger partial charge in [0.1, 0.15) is 11.5 Å². The van der Waals surface area contributed by atoms with Crippen LogP contribution in [0.15, 0.2) is 18.2 Å². The average molecular weight is 232 g/mol. The van der Waals surface area contributed by atoms with Gasteiger partial charge < -0.3 is 9.84 Å². The van der Waals surface area contributed by atoms with Gasteiger partial charge in [-0.15, -0.1) is 0 Å². The Hall–Kier alpha value is -1.35. The fourth-order valence-electron chi connectivity index (χ4n) is 3.18. The third-order valence-electron chi connectivity index (χ3n) is 4.15. The molecule has 3 heteroatoms. The van der Waals surface area contributed by atoms with Crippen LogP contribution >= 0.6 is 0 Å². The number of hydrogen-bond acceptors (Lipinski definition) is 3. The van der Waals surface area contributed by atoms with Gasteiger partial charge in [-0.3, -0.25) is 4.79 Å². The molecule has 0 saturated carbocycles. The van der Waals surface area contributed by atoms with Crippen LogP contribution in [0, 0.1) is 0 Å². The summed E-state index contributed by atoms with van der Waals surface area (Å²) < 4.78 is 5.38. The molecule has 1 aliphatic carbocycles. The van der Waals surface area contributed by atoms with E-state index in [4.69, 9.17) is 4.74 Å². The largest absolute Gasteiger partial charge is 0.508 e. The molecule has 90 valence electrons. The molecule has 0 atom stereocenters. The van der Waals surface area contributed by atoms with Crippen molar-refractivity contribution in [2.24, 2.45) is 0 Å². The molecule has 1 aromatic carbocycles. The zero-order chi connectivity index (χ0) is 11.9. The molecule has 1 spiro atoms. The van der Waals surface area contributed by atoms with Gasteiger partial charge in [0.05, 0.1) is 5.41 Å². The average Bonchev–Trinajstić information content (AvgIpc) is 2.36. The smallest absolute Gasteiger partial charge is 0.143 e. The van der Waals surface area contributed by atoms with Gasteiger partial charge in [-0.1, -0.05) is 12.1 Å². The van der Waals surface area contributed by atoms with Crippen LogP contribution < -0.4 is 0 Å². The van der Waals surface area contributed by atoms with Crippen LogP contribution in [0.4, 0.5) is 0 Å². The van der Waals surface area contributed by atoms with E-state index < -0.39 is 0 Å². The third kappa shape index (κ3) is 1.49. The molecule has 0 radical (unpaired) electrons. The molecule has 0 aromatic heterocycles. The lowest BCUT2D eigenvalue weighted by Crippen LogP contribution is -2.44. The molecule has 17 heavy (non-hydrogen) atoms. The maximum absolute atomic E-state index is 12.3. The summed E-state index contributed by atoms with van der Waals surface area (Å²) in [5, 5.41) is 9.91. The van der Waals surface area contributed by atoms with Gasteiger partial charge in [-0.05, 0) is 36.5 Å². The van der Waals surface area contributed by atoms with E-state index in [0.29, 0.717) is 37.6 Å². The molecular formula is C14H16O3. The summed E-state index contributed by atoms with van der Waals surface area (Å²) in [4.78, 5) is 12.3. The number of phenolic OH excluding ortho intramolecular Hbond substituents is 1. The van der Waals surface area contributed by atoms with Crippen molar-refractivity contribution in [1.82, 2.24) is 0 Å². The number of ketones is 1. The molecule has 1 N–H and O–H groups in total. The molecule has 1 heterocycles. The van der Waals surface area contributed by atoms with Crippen LogP contribution in [-0.4, -0.2) is 24.1 Å². The molecular weight excluding hydrogens is 216 g/mol. The lowest BCUT2D eigenvalue weighted by Gasteiger charge is -2.40. The second kappa shape index (κ2) is 3.84. The van der Waals surface area contributed by atoms with Crippen LogP contribution in [-0.2, 0) is 21.4 Å². The monoisotopic (exact) mass is 232 g/mol. The Kier molecular flexibility index (Phi) is 2.44. The minimum Gasteiger partial charge on any atom is -0.508 e. The van der Waals surface area contributed by atoms with E-state index in [1.54, 1.807) is 6.07 Å². The summed E-state index contributed by atoms with van der Waals surface area (Å²) in [6.07, 6.45) is 2.72. The highest BCUT2D eigenvalue weighted by molar-refractivity contribution is 5.92. The summed E-state index contributed by atoms with van der Waals surface area (Å²) in [7, 11) is 0. The standard InChI is InChI=1S/C14H16O3/c15-12-3-1-2-11-10(12)4-5-13(16)14(11)6-8-17-9-7-14/h1-3,15H,4-9H2. The van der Waals surface area contributed by atoms with Crippen LogP contribution in [0.2, 0.25) is 0 Å². The van der Waals surface area contributed by atoms with Gasteiger partial charge in [-0.25, -0.2) is 0 Å². The maximum Gasteiger partial charge on any atom is 0.143 e. The Balaban J connectivity index is 2.16. The first-order valence-corrected chi connectivity index (χ1v) is 6.16. The normalized spacial score (nSPS) is 22.5. The summed E-state index contributed by atoms with van der Waals surface area (Å²) in [6.45, 7) is 1.28. The number of aromatic hydroxyl groups is 1. The molecule has 0 amide bonds. The Morgan fingerprint density at radius 1 is 1.18 bits per heavy atom. The summed E-state index contributed by atoms with van der Waals surface area (Å²) in [5.41, 5.74) is 1.62. The first kappa shape index (κ1) is 10.8. The fraction of sp³-hybridized carbons (Fsp3) is 0.500. The van der Waals surface area contributed by atoms with E-state index >= 15 is 0 Å². The molecule has 1 fully saturated rings. The zero-order valence-corrected chi connectivity index (χ0v) is 9.74. The van der Waals surface area contributed by atoms with Gasteiger partial charge in [-0.2, -0.15) is 0 Å². The second-order valence-electron chi connectivity index (χ2n) is 4.92.